The molecule has 1 aliphatic rings. The van der Waals surface area contributed by atoms with Crippen molar-refractivity contribution in [1.29, 1.82) is 0 Å². The van der Waals surface area contributed by atoms with Crippen LogP contribution in [0.5, 0.6) is 0 Å². The second kappa shape index (κ2) is 6.10. The summed E-state index contributed by atoms with van der Waals surface area (Å²) in [7, 11) is 0. The summed E-state index contributed by atoms with van der Waals surface area (Å²) < 4.78 is 1.09. The Morgan fingerprint density at radius 2 is 2.14 bits per heavy atom. The van der Waals surface area contributed by atoms with Gasteiger partial charge in [0, 0.05) is 34.1 Å². The Kier molecular flexibility index (Phi) is 4.18. The van der Waals surface area contributed by atoms with Crippen molar-refractivity contribution in [3.05, 3.63) is 40.2 Å². The molecule has 114 valence electrons. The van der Waals surface area contributed by atoms with E-state index in [2.05, 4.69) is 0 Å². The Hall–Kier alpha value is -1.85. The van der Waals surface area contributed by atoms with Gasteiger partial charge in [-0.05, 0) is 18.6 Å². The van der Waals surface area contributed by atoms with Crippen LogP contribution in [-0.2, 0) is 9.59 Å². The summed E-state index contributed by atoms with van der Waals surface area (Å²) in [5, 5.41) is 1.66. The number of nitrogens with zero attached hydrogens (tertiary/aromatic N) is 1. The standard InChI is InChI=1S/C16H15ClN2O2S/c17-15-11-3-1-2-4-12(11)22-13(15)5-6-14(20)19-8-7-10(9-19)16(18)21/h1-6,10H,7-9H2,(H2,18,21)/b6-5+. The van der Waals surface area contributed by atoms with Gasteiger partial charge in [0.1, 0.15) is 0 Å². The van der Waals surface area contributed by atoms with Gasteiger partial charge in [-0.1, -0.05) is 29.8 Å². The molecular formula is C16H15ClN2O2S. The van der Waals surface area contributed by atoms with Crippen molar-refractivity contribution in [1.82, 2.24) is 4.90 Å². The molecule has 1 aromatic heterocycles. The molecule has 22 heavy (non-hydrogen) atoms. The van der Waals surface area contributed by atoms with Crippen molar-refractivity contribution < 1.29 is 9.59 Å². The van der Waals surface area contributed by atoms with Gasteiger partial charge < -0.3 is 10.6 Å². The van der Waals surface area contributed by atoms with Gasteiger partial charge >= 0.3 is 0 Å². The number of hydrogen-bond donors (Lipinski definition) is 1. The normalized spacial score (nSPS) is 18.4. The monoisotopic (exact) mass is 334 g/mol. The van der Waals surface area contributed by atoms with Crippen molar-refractivity contribution in [3.63, 3.8) is 0 Å². The van der Waals surface area contributed by atoms with Crippen molar-refractivity contribution in [2.75, 3.05) is 13.1 Å². The molecule has 4 nitrogen and oxygen atoms in total. The second-order valence-electron chi connectivity index (χ2n) is 5.28. The van der Waals surface area contributed by atoms with E-state index in [-0.39, 0.29) is 17.7 Å². The lowest BCUT2D eigenvalue weighted by Crippen LogP contribution is -2.30. The lowest BCUT2D eigenvalue weighted by molar-refractivity contribution is -0.125. The number of benzene rings is 1. The third-order valence-electron chi connectivity index (χ3n) is 3.84. The molecule has 1 fully saturated rings. The lowest BCUT2D eigenvalue weighted by atomic mass is 10.1. The molecule has 1 saturated heterocycles. The number of thiophene rings is 1. The van der Waals surface area contributed by atoms with Gasteiger partial charge in [0.15, 0.2) is 0 Å². The number of amides is 2. The molecule has 3 rings (SSSR count). The maximum Gasteiger partial charge on any atom is 0.246 e. The first-order valence-electron chi connectivity index (χ1n) is 6.99. The smallest absolute Gasteiger partial charge is 0.246 e. The first-order valence-corrected chi connectivity index (χ1v) is 8.19. The van der Waals surface area contributed by atoms with E-state index >= 15 is 0 Å². The van der Waals surface area contributed by atoms with Crippen LogP contribution in [0.1, 0.15) is 11.3 Å². The fourth-order valence-corrected chi connectivity index (χ4v) is 3.98. The van der Waals surface area contributed by atoms with Crippen LogP contribution in [0.25, 0.3) is 16.2 Å². The minimum absolute atomic E-state index is 0.114. The minimum Gasteiger partial charge on any atom is -0.369 e. The third-order valence-corrected chi connectivity index (χ3v) is 5.49. The highest BCUT2D eigenvalue weighted by Gasteiger charge is 2.28. The molecule has 0 aliphatic carbocycles. The number of likely N-dealkylation sites (tertiary alicyclic amines) is 1. The fraction of sp³-hybridized carbons (Fsp3) is 0.250. The molecular weight excluding hydrogens is 320 g/mol. The first-order chi connectivity index (χ1) is 10.6. The summed E-state index contributed by atoms with van der Waals surface area (Å²) in [5.41, 5.74) is 5.28. The SMILES string of the molecule is NC(=O)C1CCN(C(=O)/C=C/c2sc3ccccc3c2Cl)C1. The number of hydrogen-bond acceptors (Lipinski definition) is 3. The molecule has 2 N–H and O–H groups in total. The van der Waals surface area contributed by atoms with E-state index in [0.29, 0.717) is 24.5 Å². The van der Waals surface area contributed by atoms with Crippen LogP contribution in [0, 0.1) is 5.92 Å². The Balaban J connectivity index is 1.74. The Labute approximate surface area is 137 Å². The third kappa shape index (κ3) is 2.87. The molecule has 2 aromatic rings. The number of carbonyl (C=O) groups excluding carboxylic acids is 2. The van der Waals surface area contributed by atoms with Crippen molar-refractivity contribution in [3.8, 4) is 0 Å². The summed E-state index contributed by atoms with van der Waals surface area (Å²) in [4.78, 5) is 25.8. The molecule has 1 atom stereocenters. The van der Waals surface area contributed by atoms with E-state index in [0.717, 1.165) is 15.0 Å². The van der Waals surface area contributed by atoms with E-state index in [4.69, 9.17) is 17.3 Å². The van der Waals surface area contributed by atoms with Gasteiger partial charge in [0.2, 0.25) is 11.8 Å². The van der Waals surface area contributed by atoms with E-state index < -0.39 is 0 Å². The largest absolute Gasteiger partial charge is 0.369 e. The number of nitrogens with two attached hydrogens (primary N) is 1. The molecule has 2 heterocycles. The average molecular weight is 335 g/mol. The van der Waals surface area contributed by atoms with Crippen LogP contribution in [0.2, 0.25) is 5.02 Å². The summed E-state index contributed by atoms with van der Waals surface area (Å²) in [6, 6.07) is 7.87. The summed E-state index contributed by atoms with van der Waals surface area (Å²) in [6.07, 6.45) is 3.89. The van der Waals surface area contributed by atoms with Gasteiger partial charge in [-0.25, -0.2) is 0 Å². The topological polar surface area (TPSA) is 63.4 Å². The maximum atomic E-state index is 12.2. The van der Waals surface area contributed by atoms with Crippen molar-refractivity contribution >= 4 is 50.9 Å². The van der Waals surface area contributed by atoms with Crippen LogP contribution in [0.3, 0.4) is 0 Å². The van der Waals surface area contributed by atoms with E-state index in [9.17, 15) is 9.59 Å². The van der Waals surface area contributed by atoms with Gasteiger partial charge in [0.05, 0.1) is 10.9 Å². The van der Waals surface area contributed by atoms with E-state index in [1.165, 1.54) is 6.08 Å². The Morgan fingerprint density at radius 1 is 1.36 bits per heavy atom. The number of rotatable bonds is 3. The van der Waals surface area contributed by atoms with Crippen LogP contribution < -0.4 is 5.73 Å². The van der Waals surface area contributed by atoms with E-state index in [1.54, 1.807) is 22.3 Å². The Bertz CT molecular complexity index is 769. The minimum atomic E-state index is -0.341. The quantitative estimate of drug-likeness (QED) is 0.877. The lowest BCUT2D eigenvalue weighted by Gasteiger charge is -2.12. The molecule has 6 heteroatoms. The van der Waals surface area contributed by atoms with Gasteiger partial charge in [-0.15, -0.1) is 11.3 Å². The van der Waals surface area contributed by atoms with E-state index in [1.807, 2.05) is 24.3 Å². The summed E-state index contributed by atoms with van der Waals surface area (Å²) >= 11 is 7.89. The number of primary amides is 1. The molecule has 0 spiro atoms. The second-order valence-corrected chi connectivity index (χ2v) is 6.74. The highest BCUT2D eigenvalue weighted by Crippen LogP contribution is 2.35. The highest BCUT2D eigenvalue weighted by atomic mass is 35.5. The van der Waals surface area contributed by atoms with Crippen LogP contribution in [0.15, 0.2) is 30.3 Å². The van der Waals surface area contributed by atoms with Crippen LogP contribution in [0.4, 0.5) is 0 Å². The number of carbonyl (C=O) groups is 2. The molecule has 0 bridgehead atoms. The zero-order chi connectivity index (χ0) is 15.7. The average Bonchev–Trinajstić information content (AvgIpc) is 3.11. The van der Waals surface area contributed by atoms with Gasteiger partial charge in [0.25, 0.3) is 0 Å². The maximum absolute atomic E-state index is 12.2. The Morgan fingerprint density at radius 3 is 2.82 bits per heavy atom. The number of fused-ring (bicyclic) bond motifs is 1. The fourth-order valence-electron chi connectivity index (χ4n) is 2.59. The van der Waals surface area contributed by atoms with Gasteiger partial charge in [-0.3, -0.25) is 9.59 Å². The predicted octanol–water partition coefficient (Wildman–Crippen LogP) is 2.90. The summed E-state index contributed by atoms with van der Waals surface area (Å²) in [6.45, 7) is 0.968. The first kappa shape index (κ1) is 15.1. The molecule has 1 unspecified atom stereocenters. The van der Waals surface area contributed by atoms with Crippen molar-refractivity contribution in [2.24, 2.45) is 11.7 Å². The van der Waals surface area contributed by atoms with Gasteiger partial charge in [-0.2, -0.15) is 0 Å². The van der Waals surface area contributed by atoms with Crippen molar-refractivity contribution in [2.45, 2.75) is 6.42 Å². The molecule has 0 saturated carbocycles. The highest BCUT2D eigenvalue weighted by molar-refractivity contribution is 7.20. The van der Waals surface area contributed by atoms with Crippen LogP contribution >= 0.6 is 22.9 Å². The molecule has 2 amide bonds. The molecule has 1 aromatic carbocycles. The number of halogens is 1. The zero-order valence-electron chi connectivity index (χ0n) is 11.8. The summed E-state index contributed by atoms with van der Waals surface area (Å²) in [5.74, 6) is -0.686. The predicted molar refractivity (Wildman–Crippen MR) is 89.8 cm³/mol. The zero-order valence-corrected chi connectivity index (χ0v) is 13.4. The molecule has 0 radical (unpaired) electrons. The molecule has 1 aliphatic heterocycles. The van der Waals surface area contributed by atoms with Crippen LogP contribution in [-0.4, -0.2) is 29.8 Å².